The van der Waals surface area contributed by atoms with E-state index in [1.54, 1.807) is 4.90 Å². The molecular formula is C15H28N2O3. The van der Waals surface area contributed by atoms with E-state index in [1.807, 2.05) is 27.8 Å². The molecule has 0 radical (unpaired) electrons. The van der Waals surface area contributed by atoms with Crippen LogP contribution in [0, 0.1) is 5.41 Å². The van der Waals surface area contributed by atoms with Gasteiger partial charge in [0.1, 0.15) is 5.54 Å². The molecule has 2 N–H and O–H groups in total. The van der Waals surface area contributed by atoms with Gasteiger partial charge in [-0.05, 0) is 19.8 Å². The number of nitrogens with zero attached hydrogens (tertiary/aromatic N) is 1. The summed E-state index contributed by atoms with van der Waals surface area (Å²) in [4.78, 5) is 14.4. The van der Waals surface area contributed by atoms with E-state index in [4.69, 9.17) is 15.2 Å². The Hall–Kier alpha value is -0.650. The first-order chi connectivity index (χ1) is 9.33. The summed E-state index contributed by atoms with van der Waals surface area (Å²) in [6, 6.07) is 0. The number of ether oxygens (including phenoxy) is 2. The zero-order valence-corrected chi connectivity index (χ0v) is 13.1. The van der Waals surface area contributed by atoms with E-state index in [-0.39, 0.29) is 23.5 Å². The maximum Gasteiger partial charge on any atom is 0.243 e. The van der Waals surface area contributed by atoms with Crippen molar-refractivity contribution in [1.82, 2.24) is 4.90 Å². The molecule has 1 aliphatic heterocycles. The molecule has 5 heteroatoms. The predicted octanol–water partition coefficient (Wildman–Crippen LogP) is 1.16. The lowest BCUT2D eigenvalue weighted by atomic mass is 9.54. The van der Waals surface area contributed by atoms with Crippen LogP contribution in [0.4, 0.5) is 0 Å². The Bertz CT molecular complexity index is 366. The highest BCUT2D eigenvalue weighted by molar-refractivity contribution is 5.88. The van der Waals surface area contributed by atoms with Gasteiger partial charge in [0, 0.05) is 38.6 Å². The number of hydrogen-bond acceptors (Lipinski definition) is 4. The number of carbonyl (C=O) groups excluding carboxylic acids is 1. The average molecular weight is 284 g/mol. The Balaban J connectivity index is 1.97. The normalized spacial score (nSPS) is 35.6. The summed E-state index contributed by atoms with van der Waals surface area (Å²) < 4.78 is 11.3. The highest BCUT2D eigenvalue weighted by Gasteiger charge is 2.63. The minimum absolute atomic E-state index is 0.00829. The first kappa shape index (κ1) is 15.7. The summed E-state index contributed by atoms with van der Waals surface area (Å²) in [5, 5.41) is 0. The maximum absolute atomic E-state index is 12.7. The zero-order valence-electron chi connectivity index (χ0n) is 13.1. The third kappa shape index (κ3) is 2.47. The van der Waals surface area contributed by atoms with Gasteiger partial charge in [-0.1, -0.05) is 13.8 Å². The molecule has 0 bridgehead atoms. The molecule has 2 aliphatic rings. The van der Waals surface area contributed by atoms with E-state index in [1.165, 1.54) is 0 Å². The number of nitrogens with two attached hydrogens (primary N) is 1. The second-order valence-electron chi connectivity index (χ2n) is 6.66. The van der Waals surface area contributed by atoms with E-state index < -0.39 is 5.54 Å². The van der Waals surface area contributed by atoms with E-state index >= 15 is 0 Å². The molecule has 1 saturated heterocycles. The van der Waals surface area contributed by atoms with Gasteiger partial charge in [0.05, 0.1) is 12.2 Å². The van der Waals surface area contributed by atoms with Gasteiger partial charge >= 0.3 is 0 Å². The molecule has 0 aromatic rings. The number of likely N-dealkylation sites (N-methyl/N-ethyl adjacent to an activating group) is 1. The SMILES string of the molecule is CCOC1CC(N)(C(=O)N(C)CC2CCCO2)C1(C)C. The van der Waals surface area contributed by atoms with E-state index in [2.05, 4.69) is 0 Å². The molecule has 1 heterocycles. The average Bonchev–Trinajstić information content (AvgIpc) is 2.90. The van der Waals surface area contributed by atoms with Gasteiger partial charge in [0.15, 0.2) is 0 Å². The molecule has 0 aromatic carbocycles. The van der Waals surface area contributed by atoms with E-state index in [0.29, 0.717) is 19.6 Å². The van der Waals surface area contributed by atoms with Crippen molar-refractivity contribution in [3.8, 4) is 0 Å². The van der Waals surface area contributed by atoms with Crippen LogP contribution in [0.5, 0.6) is 0 Å². The number of amides is 1. The van der Waals surface area contributed by atoms with Crippen LogP contribution >= 0.6 is 0 Å². The largest absolute Gasteiger partial charge is 0.378 e. The molecule has 2 fully saturated rings. The maximum atomic E-state index is 12.7. The van der Waals surface area contributed by atoms with Gasteiger partial charge in [0.2, 0.25) is 5.91 Å². The molecule has 116 valence electrons. The molecule has 3 unspecified atom stereocenters. The first-order valence-corrected chi connectivity index (χ1v) is 7.60. The summed E-state index contributed by atoms with van der Waals surface area (Å²) >= 11 is 0. The van der Waals surface area contributed by atoms with Crippen LogP contribution in [0.3, 0.4) is 0 Å². The Labute approximate surface area is 121 Å². The number of carbonyl (C=O) groups is 1. The second kappa shape index (κ2) is 5.62. The lowest BCUT2D eigenvalue weighted by Gasteiger charge is -2.58. The molecule has 1 saturated carbocycles. The smallest absolute Gasteiger partial charge is 0.243 e. The van der Waals surface area contributed by atoms with Gasteiger partial charge < -0.3 is 20.1 Å². The van der Waals surface area contributed by atoms with Crippen LogP contribution in [-0.2, 0) is 14.3 Å². The van der Waals surface area contributed by atoms with Crippen LogP contribution in [0.2, 0.25) is 0 Å². The van der Waals surface area contributed by atoms with Crippen molar-refractivity contribution in [2.24, 2.45) is 11.1 Å². The van der Waals surface area contributed by atoms with Gasteiger partial charge in [0.25, 0.3) is 0 Å². The standard InChI is InChI=1S/C15H28N2O3/c1-5-19-12-9-15(16,14(12,2)3)13(18)17(4)10-11-7-6-8-20-11/h11-12H,5-10,16H2,1-4H3. The number of rotatable bonds is 5. The van der Waals surface area contributed by atoms with Crippen LogP contribution in [0.1, 0.15) is 40.0 Å². The zero-order chi connectivity index (χ0) is 15.0. The van der Waals surface area contributed by atoms with Crippen LogP contribution in [-0.4, -0.2) is 55.4 Å². The Kier molecular flexibility index (Phi) is 4.42. The fourth-order valence-electron chi connectivity index (χ4n) is 3.32. The molecule has 3 atom stereocenters. The van der Waals surface area contributed by atoms with Crippen molar-refractivity contribution in [3.05, 3.63) is 0 Å². The van der Waals surface area contributed by atoms with Crippen molar-refractivity contribution >= 4 is 5.91 Å². The highest BCUT2D eigenvalue weighted by Crippen LogP contribution is 2.50. The lowest BCUT2D eigenvalue weighted by molar-refractivity contribution is -0.179. The summed E-state index contributed by atoms with van der Waals surface area (Å²) in [5.74, 6) is 0.00829. The highest BCUT2D eigenvalue weighted by atomic mass is 16.5. The van der Waals surface area contributed by atoms with Crippen molar-refractivity contribution in [2.75, 3.05) is 26.8 Å². The van der Waals surface area contributed by atoms with Crippen molar-refractivity contribution < 1.29 is 14.3 Å². The molecule has 0 spiro atoms. The van der Waals surface area contributed by atoms with Crippen LogP contribution < -0.4 is 5.73 Å². The van der Waals surface area contributed by atoms with Crippen molar-refractivity contribution in [3.63, 3.8) is 0 Å². The molecule has 1 aliphatic carbocycles. The Morgan fingerprint density at radius 1 is 1.50 bits per heavy atom. The number of hydrogen-bond donors (Lipinski definition) is 1. The van der Waals surface area contributed by atoms with Crippen LogP contribution in [0.25, 0.3) is 0 Å². The fourth-order valence-corrected chi connectivity index (χ4v) is 3.32. The minimum Gasteiger partial charge on any atom is -0.378 e. The monoisotopic (exact) mass is 284 g/mol. The Morgan fingerprint density at radius 2 is 2.20 bits per heavy atom. The van der Waals surface area contributed by atoms with E-state index in [9.17, 15) is 4.79 Å². The summed E-state index contributed by atoms with van der Waals surface area (Å²) in [7, 11) is 1.82. The molecule has 0 aromatic heterocycles. The van der Waals surface area contributed by atoms with Gasteiger partial charge in [-0.2, -0.15) is 0 Å². The molecular weight excluding hydrogens is 256 g/mol. The van der Waals surface area contributed by atoms with Gasteiger partial charge in [-0.25, -0.2) is 0 Å². The van der Waals surface area contributed by atoms with Crippen molar-refractivity contribution in [1.29, 1.82) is 0 Å². The molecule has 2 rings (SSSR count). The molecule has 5 nitrogen and oxygen atoms in total. The quantitative estimate of drug-likeness (QED) is 0.822. The summed E-state index contributed by atoms with van der Waals surface area (Å²) in [6.07, 6.45) is 2.94. The third-order valence-electron chi connectivity index (χ3n) is 5.06. The first-order valence-electron chi connectivity index (χ1n) is 7.60. The molecule has 1 amide bonds. The minimum atomic E-state index is -0.819. The summed E-state index contributed by atoms with van der Waals surface area (Å²) in [5.41, 5.74) is 5.26. The molecule has 20 heavy (non-hydrogen) atoms. The van der Waals surface area contributed by atoms with Crippen LogP contribution in [0.15, 0.2) is 0 Å². The van der Waals surface area contributed by atoms with Gasteiger partial charge in [-0.3, -0.25) is 4.79 Å². The predicted molar refractivity (Wildman–Crippen MR) is 77.3 cm³/mol. The Morgan fingerprint density at radius 3 is 2.70 bits per heavy atom. The second-order valence-corrected chi connectivity index (χ2v) is 6.66. The topological polar surface area (TPSA) is 64.8 Å². The fraction of sp³-hybridized carbons (Fsp3) is 0.933. The van der Waals surface area contributed by atoms with Crippen molar-refractivity contribution in [2.45, 2.75) is 57.8 Å². The van der Waals surface area contributed by atoms with E-state index in [0.717, 1.165) is 19.4 Å². The summed E-state index contributed by atoms with van der Waals surface area (Å²) in [6.45, 7) is 8.11. The lowest BCUT2D eigenvalue weighted by Crippen LogP contribution is -2.76. The third-order valence-corrected chi connectivity index (χ3v) is 5.06. The van der Waals surface area contributed by atoms with Gasteiger partial charge in [-0.15, -0.1) is 0 Å².